The van der Waals surface area contributed by atoms with Crippen LogP contribution < -0.4 is 5.32 Å². The standard InChI is InChI=1S/C18H27N3O2S/c1-12-14(13(2)23-20-12)10-21(6)11-16(22)19-17(18(3,4)5)15-8-7-9-24-15/h7-9,17H,10-11H2,1-6H3,(H,19,22). The Balaban J connectivity index is 1.98. The average molecular weight is 350 g/mol. The van der Waals surface area contributed by atoms with Gasteiger partial charge in [0.25, 0.3) is 0 Å². The van der Waals surface area contributed by atoms with Crippen LogP contribution in [-0.2, 0) is 11.3 Å². The Bertz CT molecular complexity index is 651. The summed E-state index contributed by atoms with van der Waals surface area (Å²) in [6, 6.07) is 4.11. The molecule has 1 N–H and O–H groups in total. The first-order chi connectivity index (χ1) is 11.2. The van der Waals surface area contributed by atoms with Gasteiger partial charge in [-0.1, -0.05) is 32.0 Å². The third kappa shape index (κ3) is 4.68. The molecule has 2 rings (SSSR count). The Morgan fingerprint density at radius 3 is 2.62 bits per heavy atom. The van der Waals surface area contributed by atoms with Gasteiger partial charge in [-0.2, -0.15) is 0 Å². The molecule has 1 atom stereocenters. The molecule has 6 heteroatoms. The highest BCUT2D eigenvalue weighted by Crippen LogP contribution is 2.35. The van der Waals surface area contributed by atoms with Crippen molar-refractivity contribution in [3.8, 4) is 0 Å². The van der Waals surface area contributed by atoms with Gasteiger partial charge in [-0.25, -0.2) is 0 Å². The van der Waals surface area contributed by atoms with E-state index in [2.05, 4.69) is 37.3 Å². The molecule has 1 unspecified atom stereocenters. The number of thiophene rings is 1. The molecule has 5 nitrogen and oxygen atoms in total. The number of likely N-dealkylation sites (N-methyl/N-ethyl adjacent to an activating group) is 1. The van der Waals surface area contributed by atoms with Crippen LogP contribution in [0, 0.1) is 19.3 Å². The maximum atomic E-state index is 12.5. The predicted octanol–water partition coefficient (Wildman–Crippen LogP) is 3.69. The number of carbonyl (C=O) groups is 1. The van der Waals surface area contributed by atoms with Crippen LogP contribution in [0.1, 0.15) is 48.7 Å². The van der Waals surface area contributed by atoms with Gasteiger partial charge in [0.05, 0.1) is 18.3 Å². The van der Waals surface area contributed by atoms with E-state index >= 15 is 0 Å². The second-order valence-corrected chi connectivity index (χ2v) is 8.34. The van der Waals surface area contributed by atoms with E-state index in [0.717, 1.165) is 17.0 Å². The lowest BCUT2D eigenvalue weighted by molar-refractivity contribution is -0.123. The van der Waals surface area contributed by atoms with Crippen molar-refractivity contribution in [3.05, 3.63) is 39.4 Å². The van der Waals surface area contributed by atoms with Gasteiger partial charge in [0.2, 0.25) is 5.91 Å². The fourth-order valence-corrected chi connectivity index (χ4v) is 3.70. The van der Waals surface area contributed by atoms with Gasteiger partial charge in [0.1, 0.15) is 5.76 Å². The molecule has 132 valence electrons. The number of nitrogens with zero attached hydrogens (tertiary/aromatic N) is 2. The van der Waals surface area contributed by atoms with Gasteiger partial charge < -0.3 is 9.84 Å². The fourth-order valence-electron chi connectivity index (χ4n) is 2.68. The minimum Gasteiger partial charge on any atom is -0.361 e. The quantitative estimate of drug-likeness (QED) is 0.864. The Labute approximate surface area is 148 Å². The van der Waals surface area contributed by atoms with Gasteiger partial charge >= 0.3 is 0 Å². The summed E-state index contributed by atoms with van der Waals surface area (Å²) in [6.07, 6.45) is 0. The number of hydrogen-bond acceptors (Lipinski definition) is 5. The van der Waals surface area contributed by atoms with Gasteiger partial charge in [0, 0.05) is 17.0 Å². The Hall–Kier alpha value is -1.66. The van der Waals surface area contributed by atoms with Crippen molar-refractivity contribution in [3.63, 3.8) is 0 Å². The lowest BCUT2D eigenvalue weighted by atomic mass is 9.85. The largest absolute Gasteiger partial charge is 0.361 e. The first-order valence-corrected chi connectivity index (χ1v) is 8.99. The summed E-state index contributed by atoms with van der Waals surface area (Å²) in [5.74, 6) is 0.837. The summed E-state index contributed by atoms with van der Waals surface area (Å²) < 4.78 is 5.18. The maximum absolute atomic E-state index is 12.5. The van der Waals surface area contributed by atoms with E-state index in [-0.39, 0.29) is 17.4 Å². The molecule has 0 aliphatic rings. The van der Waals surface area contributed by atoms with Crippen molar-refractivity contribution >= 4 is 17.2 Å². The van der Waals surface area contributed by atoms with E-state index in [1.165, 1.54) is 4.88 Å². The van der Waals surface area contributed by atoms with Crippen molar-refractivity contribution in [2.75, 3.05) is 13.6 Å². The van der Waals surface area contributed by atoms with Gasteiger partial charge in [-0.05, 0) is 37.8 Å². The van der Waals surface area contributed by atoms with E-state index < -0.39 is 0 Å². The lowest BCUT2D eigenvalue weighted by Gasteiger charge is -2.31. The van der Waals surface area contributed by atoms with E-state index in [1.54, 1.807) is 11.3 Å². The normalized spacial score (nSPS) is 13.3. The summed E-state index contributed by atoms with van der Waals surface area (Å²) in [7, 11) is 1.93. The molecule has 0 bridgehead atoms. The number of hydrogen-bond donors (Lipinski definition) is 1. The monoisotopic (exact) mass is 349 g/mol. The van der Waals surface area contributed by atoms with Crippen molar-refractivity contribution < 1.29 is 9.32 Å². The highest BCUT2D eigenvalue weighted by Gasteiger charge is 2.28. The first kappa shape index (κ1) is 18.7. The Morgan fingerprint density at radius 1 is 1.42 bits per heavy atom. The topological polar surface area (TPSA) is 58.4 Å². The van der Waals surface area contributed by atoms with Gasteiger partial charge in [0.15, 0.2) is 0 Å². The molecule has 0 saturated carbocycles. The third-order valence-corrected chi connectivity index (χ3v) is 4.96. The second-order valence-electron chi connectivity index (χ2n) is 7.36. The van der Waals surface area contributed by atoms with Crippen molar-refractivity contribution in [1.29, 1.82) is 0 Å². The van der Waals surface area contributed by atoms with Crippen molar-refractivity contribution in [1.82, 2.24) is 15.4 Å². The summed E-state index contributed by atoms with van der Waals surface area (Å²) in [4.78, 5) is 15.7. The van der Waals surface area contributed by atoms with Crippen LogP contribution in [-0.4, -0.2) is 29.6 Å². The average Bonchev–Trinajstić information content (AvgIpc) is 3.09. The molecule has 0 radical (unpaired) electrons. The van der Waals surface area contributed by atoms with Crippen LogP contribution in [0.4, 0.5) is 0 Å². The number of nitrogens with one attached hydrogen (secondary N) is 1. The van der Waals surface area contributed by atoms with E-state index in [1.807, 2.05) is 37.2 Å². The molecule has 0 aromatic carbocycles. The minimum atomic E-state index is -0.0409. The molecular weight excluding hydrogens is 322 g/mol. The molecule has 24 heavy (non-hydrogen) atoms. The highest BCUT2D eigenvalue weighted by molar-refractivity contribution is 7.10. The van der Waals surface area contributed by atoms with Crippen LogP contribution in [0.25, 0.3) is 0 Å². The lowest BCUT2D eigenvalue weighted by Crippen LogP contribution is -2.41. The summed E-state index contributed by atoms with van der Waals surface area (Å²) in [5, 5.41) is 9.20. The van der Waals surface area contributed by atoms with Gasteiger partial charge in [-0.3, -0.25) is 9.69 Å². The molecule has 0 saturated heterocycles. The van der Waals surface area contributed by atoms with Crippen LogP contribution in [0.3, 0.4) is 0 Å². The van der Waals surface area contributed by atoms with Crippen LogP contribution in [0.2, 0.25) is 0 Å². The van der Waals surface area contributed by atoms with E-state index in [4.69, 9.17) is 4.52 Å². The summed E-state index contributed by atoms with van der Waals surface area (Å²) >= 11 is 1.68. The number of rotatable bonds is 6. The zero-order valence-electron chi connectivity index (χ0n) is 15.3. The van der Waals surface area contributed by atoms with E-state index in [9.17, 15) is 4.79 Å². The van der Waals surface area contributed by atoms with Gasteiger partial charge in [-0.15, -0.1) is 11.3 Å². The first-order valence-electron chi connectivity index (χ1n) is 8.11. The summed E-state index contributed by atoms with van der Waals surface area (Å²) in [5.41, 5.74) is 1.89. The van der Waals surface area contributed by atoms with Crippen LogP contribution in [0.5, 0.6) is 0 Å². The number of amides is 1. The van der Waals surface area contributed by atoms with Crippen LogP contribution >= 0.6 is 11.3 Å². The number of aryl methyl sites for hydroxylation is 2. The number of carbonyl (C=O) groups excluding carboxylic acids is 1. The molecule has 2 aromatic heterocycles. The van der Waals surface area contributed by atoms with Crippen molar-refractivity contribution in [2.45, 2.75) is 47.2 Å². The van der Waals surface area contributed by atoms with E-state index in [0.29, 0.717) is 13.1 Å². The molecule has 0 spiro atoms. The minimum absolute atomic E-state index is 0.0115. The molecule has 0 fully saturated rings. The number of aromatic nitrogens is 1. The van der Waals surface area contributed by atoms with Crippen LogP contribution in [0.15, 0.2) is 22.0 Å². The molecule has 0 aliphatic heterocycles. The molecule has 0 aliphatic carbocycles. The fraction of sp³-hybridized carbons (Fsp3) is 0.556. The summed E-state index contributed by atoms with van der Waals surface area (Å²) in [6.45, 7) is 11.2. The van der Waals surface area contributed by atoms with Crippen molar-refractivity contribution in [2.24, 2.45) is 5.41 Å². The Kier molecular flexibility index (Phi) is 5.83. The zero-order valence-corrected chi connectivity index (χ0v) is 16.2. The molecular formula is C18H27N3O2S. The highest BCUT2D eigenvalue weighted by atomic mass is 32.1. The predicted molar refractivity (Wildman–Crippen MR) is 97.0 cm³/mol. The molecule has 2 heterocycles. The second kappa shape index (κ2) is 7.49. The molecule has 2 aromatic rings. The molecule has 1 amide bonds. The third-order valence-electron chi connectivity index (χ3n) is 4.02. The Morgan fingerprint density at radius 2 is 2.12 bits per heavy atom. The SMILES string of the molecule is Cc1noc(C)c1CN(C)CC(=O)NC(c1cccs1)C(C)(C)C. The zero-order chi connectivity index (χ0) is 17.9. The maximum Gasteiger partial charge on any atom is 0.234 e. The smallest absolute Gasteiger partial charge is 0.234 e.